The number of likely N-dealkylation sites (tertiary alicyclic amines) is 1. The first-order valence-electron chi connectivity index (χ1n) is 13.0. The smallest absolute Gasteiger partial charge is 0.224 e. The molecular formula is C26H43FN6O5. The van der Waals surface area contributed by atoms with Gasteiger partial charge in [-0.3, -0.25) is 0 Å². The average molecular weight is 539 g/mol. The largest absolute Gasteiger partial charge is 0.403 e. The molecule has 2 rings (SSSR count). The molecule has 1 aliphatic rings. The van der Waals surface area contributed by atoms with Gasteiger partial charge in [-0.05, 0) is 44.4 Å². The SMILES string of the molecule is C=NC(=N/C=C\C/C=c1\c(=C/N)nc(COCCOCCOCCOF)n1C(C)C)N1CCC(OC)CC1. The van der Waals surface area contributed by atoms with Gasteiger partial charge in [0.05, 0.1) is 44.5 Å². The highest BCUT2D eigenvalue weighted by Gasteiger charge is 2.20. The molecule has 1 aliphatic heterocycles. The van der Waals surface area contributed by atoms with Crippen molar-refractivity contribution in [2.75, 3.05) is 59.8 Å². The van der Waals surface area contributed by atoms with Gasteiger partial charge < -0.3 is 34.1 Å². The Bertz CT molecular complexity index is 989. The van der Waals surface area contributed by atoms with Crippen LogP contribution in [0.4, 0.5) is 4.53 Å². The number of guanidine groups is 1. The number of nitrogens with zero attached hydrogens (tertiary/aromatic N) is 5. The molecule has 0 aliphatic carbocycles. The first-order chi connectivity index (χ1) is 18.5. The van der Waals surface area contributed by atoms with Gasteiger partial charge in [-0.15, -0.1) is 0 Å². The van der Waals surface area contributed by atoms with Gasteiger partial charge in [0.25, 0.3) is 0 Å². The summed E-state index contributed by atoms with van der Waals surface area (Å²) in [5.74, 6) is 1.42. The maximum atomic E-state index is 11.5. The summed E-state index contributed by atoms with van der Waals surface area (Å²) < 4.78 is 35.4. The third-order valence-corrected chi connectivity index (χ3v) is 5.95. The van der Waals surface area contributed by atoms with Crippen LogP contribution in [0.3, 0.4) is 0 Å². The van der Waals surface area contributed by atoms with Crippen LogP contribution in [-0.2, 0) is 30.5 Å². The van der Waals surface area contributed by atoms with Crippen LogP contribution in [0.5, 0.6) is 0 Å². The van der Waals surface area contributed by atoms with Crippen LogP contribution >= 0.6 is 0 Å². The fourth-order valence-corrected chi connectivity index (χ4v) is 4.08. The maximum absolute atomic E-state index is 11.5. The third-order valence-electron chi connectivity index (χ3n) is 5.95. The molecule has 214 valence electrons. The summed E-state index contributed by atoms with van der Waals surface area (Å²) in [5.41, 5.74) is 5.88. The van der Waals surface area contributed by atoms with Crippen LogP contribution in [0.1, 0.15) is 45.0 Å². The van der Waals surface area contributed by atoms with E-state index in [1.165, 1.54) is 6.20 Å². The van der Waals surface area contributed by atoms with Crippen molar-refractivity contribution in [2.24, 2.45) is 15.7 Å². The van der Waals surface area contributed by atoms with Gasteiger partial charge in [0.15, 0.2) is 0 Å². The number of methoxy groups -OCH3 is 1. The Labute approximate surface area is 224 Å². The molecule has 2 heterocycles. The fraction of sp³-hybridized carbons (Fsp3) is 0.654. The minimum atomic E-state index is -0.0834. The van der Waals surface area contributed by atoms with Gasteiger partial charge in [0.1, 0.15) is 24.4 Å². The quantitative estimate of drug-likeness (QED) is 0.191. The number of nitrogens with two attached hydrogens (primary N) is 1. The average Bonchev–Trinajstić information content (AvgIpc) is 3.29. The second kappa shape index (κ2) is 18.6. The lowest BCUT2D eigenvalue weighted by molar-refractivity contribution is -0.147. The van der Waals surface area contributed by atoms with Crippen molar-refractivity contribution < 1.29 is 28.4 Å². The highest BCUT2D eigenvalue weighted by atomic mass is 19.3. The van der Waals surface area contributed by atoms with Crippen LogP contribution in [0, 0.1) is 0 Å². The Hall–Kier alpha value is -2.64. The van der Waals surface area contributed by atoms with E-state index in [1.54, 1.807) is 13.3 Å². The Morgan fingerprint density at radius 2 is 1.79 bits per heavy atom. The van der Waals surface area contributed by atoms with Crippen LogP contribution in [0.25, 0.3) is 12.3 Å². The van der Waals surface area contributed by atoms with E-state index >= 15 is 0 Å². The van der Waals surface area contributed by atoms with Gasteiger partial charge in [0, 0.05) is 38.6 Å². The molecular weight excluding hydrogens is 495 g/mol. The number of imidazole rings is 1. The molecule has 12 heteroatoms. The van der Waals surface area contributed by atoms with Crippen LogP contribution < -0.4 is 16.4 Å². The number of aromatic nitrogens is 2. The van der Waals surface area contributed by atoms with E-state index < -0.39 is 0 Å². The number of allylic oxidation sites excluding steroid dienone is 1. The molecule has 0 spiro atoms. The number of rotatable bonds is 16. The summed E-state index contributed by atoms with van der Waals surface area (Å²) in [6, 6.07) is 0.163. The minimum absolute atomic E-state index is 0.0834. The molecule has 11 nitrogen and oxygen atoms in total. The Morgan fingerprint density at radius 1 is 1.13 bits per heavy atom. The zero-order valence-corrected chi connectivity index (χ0v) is 22.9. The molecule has 1 saturated heterocycles. The van der Waals surface area contributed by atoms with Gasteiger partial charge in [0.2, 0.25) is 5.96 Å². The van der Waals surface area contributed by atoms with E-state index in [0.717, 1.165) is 37.1 Å². The van der Waals surface area contributed by atoms with Crippen molar-refractivity contribution in [3.63, 3.8) is 0 Å². The summed E-state index contributed by atoms with van der Waals surface area (Å²) in [7, 11) is 1.75. The second-order valence-electron chi connectivity index (χ2n) is 8.85. The monoisotopic (exact) mass is 538 g/mol. The van der Waals surface area contributed by atoms with E-state index in [4.69, 9.17) is 24.7 Å². The van der Waals surface area contributed by atoms with Crippen LogP contribution in [0.15, 0.2) is 22.3 Å². The third kappa shape index (κ3) is 10.6. The Morgan fingerprint density at radius 3 is 2.37 bits per heavy atom. The lowest BCUT2D eigenvalue weighted by Gasteiger charge is -2.31. The maximum Gasteiger partial charge on any atom is 0.224 e. The summed E-state index contributed by atoms with van der Waals surface area (Å²) in [6.45, 7) is 11.6. The molecule has 1 fully saturated rings. The first-order valence-corrected chi connectivity index (χ1v) is 13.0. The minimum Gasteiger partial charge on any atom is -0.403 e. The molecule has 1 aromatic heterocycles. The zero-order chi connectivity index (χ0) is 27.6. The van der Waals surface area contributed by atoms with Crippen LogP contribution in [-0.4, -0.2) is 93.1 Å². The molecule has 38 heavy (non-hydrogen) atoms. The Balaban J connectivity index is 1.92. The lowest BCUT2D eigenvalue weighted by Crippen LogP contribution is -2.39. The van der Waals surface area contributed by atoms with Crippen molar-refractivity contribution in [1.82, 2.24) is 14.5 Å². The number of piperidine rings is 1. The van der Waals surface area contributed by atoms with Crippen molar-refractivity contribution in [3.05, 3.63) is 28.8 Å². The summed E-state index contributed by atoms with van der Waals surface area (Å²) in [6.07, 6.45) is 10.2. The van der Waals surface area contributed by atoms with E-state index in [2.05, 4.69) is 56.0 Å². The standard InChI is InChI=1S/C26H43FN6O5/c1-21(2)33-24(7-5-6-10-30-26(29-3)32-11-8-22(34-4)9-12-32)23(19-28)31-25(33)20-37-16-15-35-13-14-36-17-18-38-27/h6-7,10,19,21-22H,3,5,8-9,11-18,20,28H2,1-2,4H3/b10-6-,23-19+,24-7+,30-26?. The molecule has 0 bridgehead atoms. The van der Waals surface area contributed by atoms with Crippen molar-refractivity contribution >= 4 is 25.0 Å². The molecule has 0 amide bonds. The molecule has 0 radical (unpaired) electrons. The normalized spacial score (nSPS) is 16.4. The second-order valence-corrected chi connectivity index (χ2v) is 8.85. The fourth-order valence-electron chi connectivity index (χ4n) is 4.08. The summed E-state index contributed by atoms with van der Waals surface area (Å²) in [4.78, 5) is 18.8. The number of hydrogen-bond acceptors (Lipinski definition) is 8. The summed E-state index contributed by atoms with van der Waals surface area (Å²) in [5, 5.41) is 1.64. The first kappa shape index (κ1) is 31.6. The lowest BCUT2D eigenvalue weighted by atomic mass is 10.1. The van der Waals surface area contributed by atoms with Gasteiger partial charge in [-0.1, -0.05) is 12.2 Å². The number of halogens is 1. The Kier molecular flexibility index (Phi) is 15.4. The molecule has 1 aromatic rings. The van der Waals surface area contributed by atoms with Gasteiger partial charge in [-0.25, -0.2) is 15.0 Å². The molecule has 0 saturated carbocycles. The van der Waals surface area contributed by atoms with Crippen molar-refractivity contribution in [1.29, 1.82) is 0 Å². The predicted octanol–water partition coefficient (Wildman–Crippen LogP) is 1.46. The highest BCUT2D eigenvalue weighted by molar-refractivity contribution is 5.84. The van der Waals surface area contributed by atoms with Crippen molar-refractivity contribution in [3.8, 4) is 0 Å². The van der Waals surface area contributed by atoms with E-state index in [9.17, 15) is 4.53 Å². The van der Waals surface area contributed by atoms with Gasteiger partial charge >= 0.3 is 0 Å². The number of hydrogen-bond donors (Lipinski definition) is 1. The van der Waals surface area contributed by atoms with Gasteiger partial charge in [-0.2, -0.15) is 4.94 Å². The van der Waals surface area contributed by atoms with E-state index in [-0.39, 0.29) is 19.3 Å². The molecule has 0 aromatic carbocycles. The molecule has 0 atom stereocenters. The topological polar surface area (TPSA) is 118 Å². The number of ether oxygens (including phenoxy) is 4. The van der Waals surface area contributed by atoms with Crippen LogP contribution in [0.2, 0.25) is 0 Å². The van der Waals surface area contributed by atoms with E-state index in [1.807, 2.05) is 6.08 Å². The molecule has 2 N–H and O–H groups in total. The van der Waals surface area contributed by atoms with E-state index in [0.29, 0.717) is 56.9 Å². The zero-order valence-electron chi connectivity index (χ0n) is 22.9. The van der Waals surface area contributed by atoms with Crippen molar-refractivity contribution in [2.45, 2.75) is 51.9 Å². The predicted molar refractivity (Wildman–Crippen MR) is 146 cm³/mol. The number of aliphatic imine (C=N–C) groups is 2. The summed E-state index contributed by atoms with van der Waals surface area (Å²) >= 11 is 0. The molecule has 0 unspecified atom stereocenters. The highest BCUT2D eigenvalue weighted by Crippen LogP contribution is 2.13.